The van der Waals surface area contributed by atoms with Gasteiger partial charge in [-0.2, -0.15) is 5.10 Å². The molecule has 0 atom stereocenters. The van der Waals surface area contributed by atoms with E-state index in [9.17, 15) is 4.79 Å². The van der Waals surface area contributed by atoms with Crippen LogP contribution in [0.2, 0.25) is 0 Å². The molecular weight excluding hydrogens is 260 g/mol. The van der Waals surface area contributed by atoms with Crippen LogP contribution in [0.15, 0.2) is 28.9 Å². The van der Waals surface area contributed by atoms with Crippen LogP contribution in [-0.4, -0.2) is 20.9 Å². The van der Waals surface area contributed by atoms with Crippen LogP contribution in [0.5, 0.6) is 0 Å². The van der Waals surface area contributed by atoms with Gasteiger partial charge in [-0.25, -0.2) is 0 Å². The number of fused-ring (bicyclic) bond motifs is 1. The van der Waals surface area contributed by atoms with E-state index < -0.39 is 5.97 Å². The highest BCUT2D eigenvalue weighted by molar-refractivity contribution is 9.10. The number of aromatic nitrogens is 2. The first-order valence-corrected chi connectivity index (χ1v) is 5.29. The van der Waals surface area contributed by atoms with Crippen LogP contribution in [-0.2, 0) is 11.3 Å². The predicted molar refractivity (Wildman–Crippen MR) is 59.7 cm³/mol. The summed E-state index contributed by atoms with van der Waals surface area (Å²) in [5.74, 6) is -0.811. The third-order valence-corrected chi connectivity index (χ3v) is 2.86. The van der Waals surface area contributed by atoms with Crippen LogP contribution in [0.1, 0.15) is 6.42 Å². The fourth-order valence-electron chi connectivity index (χ4n) is 1.45. The number of halogens is 1. The van der Waals surface area contributed by atoms with Gasteiger partial charge in [0.2, 0.25) is 0 Å². The van der Waals surface area contributed by atoms with Crippen molar-refractivity contribution in [1.29, 1.82) is 0 Å². The largest absolute Gasteiger partial charge is 0.481 e. The molecule has 0 saturated heterocycles. The van der Waals surface area contributed by atoms with Gasteiger partial charge in [0, 0.05) is 9.86 Å². The van der Waals surface area contributed by atoms with E-state index in [1.54, 1.807) is 10.9 Å². The molecule has 15 heavy (non-hydrogen) atoms. The Morgan fingerprint density at radius 2 is 2.33 bits per heavy atom. The van der Waals surface area contributed by atoms with E-state index in [2.05, 4.69) is 21.0 Å². The van der Waals surface area contributed by atoms with Crippen molar-refractivity contribution in [2.45, 2.75) is 13.0 Å². The Bertz CT molecular complexity index is 507. The molecule has 0 spiro atoms. The van der Waals surface area contributed by atoms with Crippen LogP contribution >= 0.6 is 15.9 Å². The van der Waals surface area contributed by atoms with E-state index in [0.29, 0.717) is 6.54 Å². The second-order valence-corrected chi connectivity index (χ2v) is 4.04. The van der Waals surface area contributed by atoms with Crippen molar-refractivity contribution < 1.29 is 9.90 Å². The summed E-state index contributed by atoms with van der Waals surface area (Å²) in [7, 11) is 0. The number of aryl methyl sites for hydroxylation is 1. The number of carboxylic acid groups (broad SMARTS) is 1. The monoisotopic (exact) mass is 268 g/mol. The smallest absolute Gasteiger partial charge is 0.305 e. The first kappa shape index (κ1) is 10.2. The highest BCUT2D eigenvalue weighted by atomic mass is 79.9. The number of aliphatic carboxylic acids is 1. The molecule has 0 unspecified atom stereocenters. The van der Waals surface area contributed by atoms with Gasteiger partial charge in [-0.1, -0.05) is 22.0 Å². The molecule has 5 heteroatoms. The second kappa shape index (κ2) is 4.02. The molecule has 2 rings (SSSR count). The maximum atomic E-state index is 10.4. The minimum atomic E-state index is -0.811. The maximum absolute atomic E-state index is 10.4. The Morgan fingerprint density at radius 3 is 3.07 bits per heavy atom. The number of benzene rings is 1. The predicted octanol–water partition coefficient (Wildman–Crippen LogP) is 2.27. The molecule has 1 aromatic carbocycles. The van der Waals surface area contributed by atoms with Crippen molar-refractivity contribution >= 4 is 32.8 Å². The standard InChI is InChI=1S/C10H9BrN2O2/c11-8-2-1-3-9-7(8)6-12-13(9)5-4-10(14)15/h1-3,6H,4-5H2,(H,14,15). The Labute approximate surface area is 94.6 Å². The van der Waals surface area contributed by atoms with Crippen molar-refractivity contribution in [2.24, 2.45) is 0 Å². The number of hydrogen-bond acceptors (Lipinski definition) is 2. The zero-order valence-electron chi connectivity index (χ0n) is 7.85. The third-order valence-electron chi connectivity index (χ3n) is 2.17. The maximum Gasteiger partial charge on any atom is 0.305 e. The Balaban J connectivity index is 2.37. The van der Waals surface area contributed by atoms with Crippen LogP contribution in [0.4, 0.5) is 0 Å². The van der Waals surface area contributed by atoms with Crippen molar-refractivity contribution in [3.05, 3.63) is 28.9 Å². The Hall–Kier alpha value is -1.36. The van der Waals surface area contributed by atoms with Gasteiger partial charge in [0.25, 0.3) is 0 Å². The fourth-order valence-corrected chi connectivity index (χ4v) is 1.91. The molecule has 78 valence electrons. The van der Waals surface area contributed by atoms with Crippen molar-refractivity contribution in [3.63, 3.8) is 0 Å². The zero-order chi connectivity index (χ0) is 10.8. The third kappa shape index (κ3) is 2.02. The number of carboxylic acids is 1. The summed E-state index contributed by atoms with van der Waals surface area (Å²) in [6.07, 6.45) is 1.82. The van der Waals surface area contributed by atoms with Crippen molar-refractivity contribution in [2.75, 3.05) is 0 Å². The van der Waals surface area contributed by atoms with Gasteiger partial charge in [0.05, 0.1) is 24.7 Å². The molecule has 0 aliphatic rings. The molecule has 0 fully saturated rings. The molecular formula is C10H9BrN2O2. The van der Waals surface area contributed by atoms with Crippen molar-refractivity contribution in [3.8, 4) is 0 Å². The number of hydrogen-bond donors (Lipinski definition) is 1. The zero-order valence-corrected chi connectivity index (χ0v) is 9.44. The number of carbonyl (C=O) groups is 1. The van der Waals surface area contributed by atoms with E-state index in [-0.39, 0.29) is 6.42 Å². The molecule has 1 heterocycles. The molecule has 0 aliphatic heterocycles. The van der Waals surface area contributed by atoms with E-state index in [1.165, 1.54) is 0 Å². The van der Waals surface area contributed by atoms with Gasteiger partial charge < -0.3 is 5.11 Å². The molecule has 0 bridgehead atoms. The van der Waals surface area contributed by atoms with Gasteiger partial charge in [-0.05, 0) is 12.1 Å². The highest BCUT2D eigenvalue weighted by Gasteiger charge is 2.06. The van der Waals surface area contributed by atoms with Crippen molar-refractivity contribution in [1.82, 2.24) is 9.78 Å². The molecule has 4 nitrogen and oxygen atoms in total. The van der Waals surface area contributed by atoms with Gasteiger partial charge >= 0.3 is 5.97 Å². The summed E-state index contributed by atoms with van der Waals surface area (Å²) in [4.78, 5) is 10.4. The lowest BCUT2D eigenvalue weighted by Crippen LogP contribution is -2.05. The van der Waals surface area contributed by atoms with Gasteiger partial charge in [0.15, 0.2) is 0 Å². The van der Waals surface area contributed by atoms with E-state index in [4.69, 9.17) is 5.11 Å². The molecule has 2 aromatic rings. The molecule has 0 saturated carbocycles. The number of nitrogens with zero attached hydrogens (tertiary/aromatic N) is 2. The molecule has 0 radical (unpaired) electrons. The Morgan fingerprint density at radius 1 is 1.53 bits per heavy atom. The number of rotatable bonds is 3. The van der Waals surface area contributed by atoms with Crippen LogP contribution in [0, 0.1) is 0 Å². The summed E-state index contributed by atoms with van der Waals surface area (Å²) >= 11 is 3.42. The normalized spacial score (nSPS) is 10.7. The lowest BCUT2D eigenvalue weighted by atomic mass is 10.2. The van der Waals surface area contributed by atoms with Crippen LogP contribution in [0.3, 0.4) is 0 Å². The Kier molecular flexibility index (Phi) is 2.73. The van der Waals surface area contributed by atoms with Gasteiger partial charge in [-0.3, -0.25) is 9.48 Å². The summed E-state index contributed by atoms with van der Waals surface area (Å²) in [6.45, 7) is 0.398. The summed E-state index contributed by atoms with van der Waals surface area (Å²) in [5, 5.41) is 13.7. The lowest BCUT2D eigenvalue weighted by Gasteiger charge is -2.00. The van der Waals surface area contributed by atoms with Crippen LogP contribution < -0.4 is 0 Å². The first-order valence-electron chi connectivity index (χ1n) is 4.50. The lowest BCUT2D eigenvalue weighted by molar-refractivity contribution is -0.137. The SMILES string of the molecule is O=C(O)CCn1ncc2c(Br)cccc21. The minimum absolute atomic E-state index is 0.0866. The quantitative estimate of drug-likeness (QED) is 0.929. The molecule has 1 aromatic heterocycles. The summed E-state index contributed by atoms with van der Waals surface area (Å²) in [5.41, 5.74) is 0.950. The summed E-state index contributed by atoms with van der Waals surface area (Å²) in [6, 6.07) is 5.77. The fraction of sp³-hybridized carbons (Fsp3) is 0.200. The average molecular weight is 269 g/mol. The van der Waals surface area contributed by atoms with Gasteiger partial charge in [-0.15, -0.1) is 0 Å². The highest BCUT2D eigenvalue weighted by Crippen LogP contribution is 2.23. The average Bonchev–Trinajstić information content (AvgIpc) is 2.59. The molecule has 1 N–H and O–H groups in total. The first-order chi connectivity index (χ1) is 7.18. The second-order valence-electron chi connectivity index (χ2n) is 3.18. The summed E-state index contributed by atoms with van der Waals surface area (Å²) < 4.78 is 2.68. The van der Waals surface area contributed by atoms with E-state index >= 15 is 0 Å². The molecule has 0 aliphatic carbocycles. The van der Waals surface area contributed by atoms with E-state index in [0.717, 1.165) is 15.4 Å². The minimum Gasteiger partial charge on any atom is -0.481 e. The molecule has 0 amide bonds. The van der Waals surface area contributed by atoms with Gasteiger partial charge in [0.1, 0.15) is 0 Å². The topological polar surface area (TPSA) is 55.1 Å². The van der Waals surface area contributed by atoms with Crippen LogP contribution in [0.25, 0.3) is 10.9 Å². The van der Waals surface area contributed by atoms with E-state index in [1.807, 2.05) is 18.2 Å².